The molecule has 0 spiro atoms. The molecule has 0 saturated heterocycles. The van der Waals surface area contributed by atoms with Crippen molar-refractivity contribution in [3.05, 3.63) is 53.1 Å². The highest BCUT2D eigenvalue weighted by molar-refractivity contribution is 6.09. The average molecular weight is 337 g/mol. The monoisotopic (exact) mass is 337 g/mol. The lowest BCUT2D eigenvalue weighted by Gasteiger charge is -2.31. The van der Waals surface area contributed by atoms with Crippen LogP contribution in [0, 0.1) is 0 Å². The van der Waals surface area contributed by atoms with E-state index in [-0.39, 0.29) is 5.91 Å². The highest BCUT2D eigenvalue weighted by atomic mass is 16.6. The van der Waals surface area contributed by atoms with Gasteiger partial charge in [-0.3, -0.25) is 4.79 Å². The highest BCUT2D eigenvalue weighted by Crippen LogP contribution is 2.37. The maximum Gasteiger partial charge on any atom is 0.262 e. The first-order valence-corrected chi connectivity index (χ1v) is 8.98. The van der Waals surface area contributed by atoms with Gasteiger partial charge in [0.15, 0.2) is 11.5 Å². The molecule has 0 saturated carbocycles. The lowest BCUT2D eigenvalue weighted by atomic mass is 9.94. The number of carbonyl (C=O) groups excluding carboxylic acids is 1. The Labute approximate surface area is 148 Å². The fraction of sp³-hybridized carbons (Fsp3) is 0.381. The van der Waals surface area contributed by atoms with Gasteiger partial charge in [-0.05, 0) is 48.1 Å². The van der Waals surface area contributed by atoms with E-state index in [1.807, 2.05) is 23.1 Å². The molecule has 0 radical (unpaired) electrons. The molecule has 4 heteroatoms. The molecular weight excluding hydrogens is 314 g/mol. The largest absolute Gasteiger partial charge is 0.486 e. The van der Waals surface area contributed by atoms with Crippen molar-refractivity contribution in [1.29, 1.82) is 0 Å². The molecule has 2 aliphatic rings. The Morgan fingerprint density at radius 1 is 1.12 bits per heavy atom. The summed E-state index contributed by atoms with van der Waals surface area (Å²) in [4.78, 5) is 15.1. The number of ether oxygens (including phenoxy) is 2. The molecule has 0 N–H and O–H groups in total. The molecule has 0 fully saturated rings. The standard InChI is InChI=1S/C21H23NO3/c1-14(2)15-8-9-18-16(13-15)5-4-10-22(18)21(23)17-6-3-7-19-20(17)25-12-11-24-19/h3,6-9,13-14H,4-5,10-12H2,1-2H3. The fourth-order valence-electron chi connectivity index (χ4n) is 3.57. The van der Waals surface area contributed by atoms with E-state index in [4.69, 9.17) is 9.47 Å². The Balaban J connectivity index is 1.71. The van der Waals surface area contributed by atoms with E-state index in [1.165, 1.54) is 11.1 Å². The molecular formula is C21H23NO3. The number of anilines is 1. The summed E-state index contributed by atoms with van der Waals surface area (Å²) in [6, 6.07) is 12.0. The number of amides is 1. The zero-order chi connectivity index (χ0) is 17.4. The van der Waals surface area contributed by atoms with E-state index >= 15 is 0 Å². The first-order valence-electron chi connectivity index (χ1n) is 8.98. The second kappa shape index (κ2) is 6.43. The van der Waals surface area contributed by atoms with Gasteiger partial charge in [-0.15, -0.1) is 0 Å². The Bertz CT molecular complexity index is 813. The van der Waals surface area contributed by atoms with Crippen LogP contribution in [0.2, 0.25) is 0 Å². The third kappa shape index (κ3) is 2.86. The first-order chi connectivity index (χ1) is 12.1. The van der Waals surface area contributed by atoms with Crippen LogP contribution in [0.4, 0.5) is 5.69 Å². The molecule has 2 aromatic rings. The van der Waals surface area contributed by atoms with Gasteiger partial charge in [0.2, 0.25) is 0 Å². The minimum absolute atomic E-state index is 0.0133. The van der Waals surface area contributed by atoms with Crippen LogP contribution in [0.5, 0.6) is 11.5 Å². The molecule has 25 heavy (non-hydrogen) atoms. The third-order valence-corrected chi connectivity index (χ3v) is 4.93. The van der Waals surface area contributed by atoms with Gasteiger partial charge in [0, 0.05) is 12.2 Å². The van der Waals surface area contributed by atoms with Crippen LogP contribution in [0.15, 0.2) is 36.4 Å². The number of hydrogen-bond donors (Lipinski definition) is 0. The summed E-state index contributed by atoms with van der Waals surface area (Å²) in [5.74, 6) is 1.71. The van der Waals surface area contributed by atoms with Crippen molar-refractivity contribution >= 4 is 11.6 Å². The number of rotatable bonds is 2. The Kier molecular flexibility index (Phi) is 4.12. The highest BCUT2D eigenvalue weighted by Gasteiger charge is 2.28. The van der Waals surface area contributed by atoms with E-state index in [0.29, 0.717) is 36.2 Å². The average Bonchev–Trinajstić information content (AvgIpc) is 2.66. The summed E-state index contributed by atoms with van der Waals surface area (Å²) in [6.45, 7) is 6.13. The van der Waals surface area contributed by atoms with E-state index in [0.717, 1.165) is 25.1 Å². The molecule has 2 aliphatic heterocycles. The van der Waals surface area contributed by atoms with Crippen LogP contribution in [-0.4, -0.2) is 25.7 Å². The van der Waals surface area contributed by atoms with Gasteiger partial charge in [-0.25, -0.2) is 0 Å². The number of fused-ring (bicyclic) bond motifs is 2. The first kappa shape index (κ1) is 16.0. The number of benzene rings is 2. The number of para-hydroxylation sites is 1. The molecule has 0 bridgehead atoms. The van der Waals surface area contributed by atoms with Gasteiger partial charge in [-0.2, -0.15) is 0 Å². The molecule has 4 nitrogen and oxygen atoms in total. The van der Waals surface area contributed by atoms with Crippen molar-refractivity contribution in [2.75, 3.05) is 24.7 Å². The maximum atomic E-state index is 13.2. The Morgan fingerprint density at radius 2 is 1.96 bits per heavy atom. The zero-order valence-corrected chi connectivity index (χ0v) is 14.7. The SMILES string of the molecule is CC(C)c1ccc2c(c1)CCCN2C(=O)c1cccc2c1OCCO2. The molecule has 0 atom stereocenters. The normalized spacial score (nSPS) is 15.9. The minimum Gasteiger partial charge on any atom is -0.486 e. The predicted molar refractivity (Wildman–Crippen MR) is 98.0 cm³/mol. The summed E-state index contributed by atoms with van der Waals surface area (Å²) in [5, 5.41) is 0. The van der Waals surface area contributed by atoms with Gasteiger partial charge in [0.1, 0.15) is 13.2 Å². The molecule has 130 valence electrons. The van der Waals surface area contributed by atoms with E-state index < -0.39 is 0 Å². The number of nitrogens with zero attached hydrogens (tertiary/aromatic N) is 1. The summed E-state index contributed by atoms with van der Waals surface area (Å²) in [5.41, 5.74) is 4.18. The molecule has 4 rings (SSSR count). The van der Waals surface area contributed by atoms with Crippen LogP contribution in [0.3, 0.4) is 0 Å². The molecule has 2 heterocycles. The Morgan fingerprint density at radius 3 is 2.80 bits per heavy atom. The van der Waals surface area contributed by atoms with Crippen molar-refractivity contribution < 1.29 is 14.3 Å². The minimum atomic E-state index is -0.0133. The maximum absolute atomic E-state index is 13.2. The number of hydrogen-bond acceptors (Lipinski definition) is 3. The topological polar surface area (TPSA) is 38.8 Å². The van der Waals surface area contributed by atoms with Gasteiger partial charge >= 0.3 is 0 Å². The number of aryl methyl sites for hydroxylation is 1. The van der Waals surface area contributed by atoms with E-state index in [1.54, 1.807) is 0 Å². The Hall–Kier alpha value is -2.49. The van der Waals surface area contributed by atoms with Gasteiger partial charge in [-0.1, -0.05) is 32.0 Å². The quantitative estimate of drug-likeness (QED) is 0.825. The smallest absolute Gasteiger partial charge is 0.262 e. The number of carbonyl (C=O) groups is 1. The van der Waals surface area contributed by atoms with Crippen LogP contribution in [-0.2, 0) is 6.42 Å². The lowest BCUT2D eigenvalue weighted by molar-refractivity contribution is 0.0974. The van der Waals surface area contributed by atoms with Gasteiger partial charge < -0.3 is 14.4 Å². The zero-order valence-electron chi connectivity index (χ0n) is 14.7. The fourth-order valence-corrected chi connectivity index (χ4v) is 3.57. The van der Waals surface area contributed by atoms with Crippen LogP contribution in [0.25, 0.3) is 0 Å². The second-order valence-corrected chi connectivity index (χ2v) is 6.93. The van der Waals surface area contributed by atoms with Crippen LogP contribution >= 0.6 is 0 Å². The van der Waals surface area contributed by atoms with Crippen LogP contribution in [0.1, 0.15) is 47.7 Å². The summed E-state index contributed by atoms with van der Waals surface area (Å²) >= 11 is 0. The molecule has 1 amide bonds. The molecule has 2 aromatic carbocycles. The van der Waals surface area contributed by atoms with Gasteiger partial charge in [0.05, 0.1) is 5.56 Å². The summed E-state index contributed by atoms with van der Waals surface area (Å²) < 4.78 is 11.3. The van der Waals surface area contributed by atoms with Gasteiger partial charge in [0.25, 0.3) is 5.91 Å². The van der Waals surface area contributed by atoms with Crippen molar-refractivity contribution in [3.63, 3.8) is 0 Å². The summed E-state index contributed by atoms with van der Waals surface area (Å²) in [7, 11) is 0. The summed E-state index contributed by atoms with van der Waals surface area (Å²) in [6.07, 6.45) is 2.00. The predicted octanol–water partition coefficient (Wildman–Crippen LogP) is 4.17. The van der Waals surface area contributed by atoms with Crippen molar-refractivity contribution in [1.82, 2.24) is 0 Å². The van der Waals surface area contributed by atoms with E-state index in [2.05, 4.69) is 32.0 Å². The van der Waals surface area contributed by atoms with Crippen molar-refractivity contribution in [2.45, 2.75) is 32.6 Å². The second-order valence-electron chi connectivity index (χ2n) is 6.93. The van der Waals surface area contributed by atoms with Crippen molar-refractivity contribution in [3.8, 4) is 11.5 Å². The van der Waals surface area contributed by atoms with Crippen LogP contribution < -0.4 is 14.4 Å². The lowest BCUT2D eigenvalue weighted by Crippen LogP contribution is -2.36. The van der Waals surface area contributed by atoms with E-state index in [9.17, 15) is 4.79 Å². The molecule has 0 aliphatic carbocycles. The molecule has 0 aromatic heterocycles. The third-order valence-electron chi connectivity index (χ3n) is 4.93. The molecule has 0 unspecified atom stereocenters. The van der Waals surface area contributed by atoms with Crippen molar-refractivity contribution in [2.24, 2.45) is 0 Å².